The summed E-state index contributed by atoms with van der Waals surface area (Å²) >= 11 is 0. The lowest BCUT2D eigenvalue weighted by molar-refractivity contribution is -0.136. The number of benzene rings is 3. The van der Waals surface area contributed by atoms with Crippen molar-refractivity contribution in [2.45, 2.75) is 69.5 Å². The van der Waals surface area contributed by atoms with Crippen molar-refractivity contribution < 1.29 is 23.9 Å². The Morgan fingerprint density at radius 1 is 0.721 bits per heavy atom. The Hall–Kier alpha value is -6.19. The monoisotopic (exact) mass is 822 g/mol. The molecule has 0 aliphatic carbocycles. The first-order valence-corrected chi connectivity index (χ1v) is 21.7. The van der Waals surface area contributed by atoms with Crippen LogP contribution in [0, 0.1) is 5.92 Å². The van der Waals surface area contributed by atoms with Crippen LogP contribution in [0.2, 0.25) is 0 Å². The first kappa shape index (κ1) is 39.0. The van der Waals surface area contributed by atoms with Crippen molar-refractivity contribution in [1.82, 2.24) is 39.8 Å². The Balaban J connectivity index is 0.703. The average Bonchev–Trinajstić information content (AvgIpc) is 3.80. The van der Waals surface area contributed by atoms with E-state index in [1.807, 2.05) is 60.7 Å². The van der Waals surface area contributed by atoms with E-state index in [1.165, 1.54) is 19.2 Å². The van der Waals surface area contributed by atoms with Crippen molar-refractivity contribution in [3.63, 3.8) is 0 Å². The number of hydrogen-bond donors (Lipinski definition) is 2. The van der Waals surface area contributed by atoms with E-state index < -0.39 is 23.8 Å². The second-order valence-electron chi connectivity index (χ2n) is 17.1. The number of nitrogen functional groups attached to an aromatic ring is 1. The van der Waals surface area contributed by atoms with Crippen molar-refractivity contribution in [2.24, 2.45) is 5.92 Å². The molecule has 61 heavy (non-hydrogen) atoms. The van der Waals surface area contributed by atoms with Crippen LogP contribution in [0.1, 0.15) is 78.1 Å². The lowest BCUT2D eigenvalue weighted by Crippen LogP contribution is -2.54. The second-order valence-corrected chi connectivity index (χ2v) is 17.1. The molecule has 0 spiro atoms. The molecule has 0 bridgehead atoms. The molecule has 2 aromatic heterocycles. The molecule has 3 aromatic carbocycles. The Morgan fingerprint density at radius 2 is 1.43 bits per heavy atom. The van der Waals surface area contributed by atoms with Crippen LogP contribution in [0.15, 0.2) is 79.1 Å². The second kappa shape index (κ2) is 16.3. The fraction of sp³-hybridized carbons (Fsp3) is 0.413. The molecule has 1 unspecified atom stereocenters. The quantitative estimate of drug-likeness (QED) is 0.185. The maximum Gasteiger partial charge on any atom is 0.262 e. The molecule has 3 N–H and O–H groups in total. The largest absolute Gasteiger partial charge is 0.457 e. The lowest BCUT2D eigenvalue weighted by atomic mass is 9.92. The minimum Gasteiger partial charge on any atom is -0.457 e. The standard InChI is InChI=1S/C46H50N10O5/c47-42-40-41(30-6-9-35(10-7-30)61-34-4-2-1-3-5-34)51-56(43(40)49-28-48-42)32-16-20-52(21-17-32)27-29-14-22-53(23-15-29)31-18-24-54(25-19-31)33-8-11-36-37(26-33)46(60)55(45(36)59)38-12-13-39(57)50-44(38)58/h1-11,26,28-29,31-32,38H,12-25,27H2,(H2,47,48,49)(H,50,57,58). The van der Waals surface area contributed by atoms with Gasteiger partial charge in [0.2, 0.25) is 11.8 Å². The van der Waals surface area contributed by atoms with Crippen LogP contribution < -0.4 is 20.7 Å². The predicted octanol–water partition coefficient (Wildman–Crippen LogP) is 5.29. The summed E-state index contributed by atoms with van der Waals surface area (Å²) in [5.74, 6) is 0.734. The van der Waals surface area contributed by atoms with Crippen LogP contribution in [-0.4, -0.2) is 116 Å². The number of likely N-dealkylation sites (tertiary alicyclic amines) is 2. The summed E-state index contributed by atoms with van der Waals surface area (Å²) in [4.78, 5) is 68.4. The summed E-state index contributed by atoms with van der Waals surface area (Å²) in [5, 5.41) is 8.18. The van der Waals surface area contributed by atoms with Crippen molar-refractivity contribution in [3.8, 4) is 22.8 Å². The number of nitrogens with two attached hydrogens (primary N) is 1. The molecular formula is C46H50N10O5. The molecule has 4 fully saturated rings. The number of anilines is 2. The highest BCUT2D eigenvalue weighted by atomic mass is 16.5. The topological polar surface area (TPSA) is 172 Å². The van der Waals surface area contributed by atoms with E-state index in [0.29, 0.717) is 28.9 Å². The molecule has 0 radical (unpaired) electrons. The maximum absolute atomic E-state index is 13.4. The smallest absolute Gasteiger partial charge is 0.262 e. The first-order chi connectivity index (χ1) is 29.8. The summed E-state index contributed by atoms with van der Waals surface area (Å²) < 4.78 is 8.10. The number of rotatable bonds is 9. The molecule has 15 heteroatoms. The molecule has 4 amide bonds. The van der Waals surface area contributed by atoms with Gasteiger partial charge >= 0.3 is 0 Å². The van der Waals surface area contributed by atoms with Crippen LogP contribution in [-0.2, 0) is 9.59 Å². The zero-order valence-corrected chi connectivity index (χ0v) is 34.1. The number of nitrogens with one attached hydrogen (secondary N) is 1. The SMILES string of the molecule is Nc1ncnc2c1c(-c1ccc(Oc3ccccc3)cc1)nn2C1CCN(CC2CCN(C3CCN(c4ccc5c(c4)C(=O)N(C4CCC(=O)NC4=O)C5=O)CC3)CC2)CC1. The summed E-state index contributed by atoms with van der Waals surface area (Å²) in [5.41, 5.74) is 10.5. The fourth-order valence-corrected chi connectivity index (χ4v) is 10.1. The van der Waals surface area contributed by atoms with Gasteiger partial charge < -0.3 is 25.2 Å². The first-order valence-electron chi connectivity index (χ1n) is 21.7. The third-order valence-corrected chi connectivity index (χ3v) is 13.5. The van der Waals surface area contributed by atoms with Gasteiger partial charge in [0.05, 0.1) is 22.6 Å². The number of ether oxygens (including phenoxy) is 1. The molecule has 7 heterocycles. The maximum atomic E-state index is 13.4. The zero-order valence-electron chi connectivity index (χ0n) is 34.1. The zero-order chi connectivity index (χ0) is 41.6. The Morgan fingerprint density at radius 3 is 2.16 bits per heavy atom. The number of nitrogens with zero attached hydrogens (tertiary/aromatic N) is 8. The molecule has 314 valence electrons. The Labute approximate surface area is 353 Å². The minimum absolute atomic E-state index is 0.103. The van der Waals surface area contributed by atoms with Gasteiger partial charge in [-0.25, -0.2) is 14.6 Å². The van der Waals surface area contributed by atoms with E-state index >= 15 is 0 Å². The fourth-order valence-electron chi connectivity index (χ4n) is 10.1. The lowest BCUT2D eigenvalue weighted by Gasteiger charge is -2.43. The molecule has 4 saturated heterocycles. The van der Waals surface area contributed by atoms with Gasteiger partial charge in [-0.3, -0.25) is 29.4 Å². The molecule has 10 rings (SSSR count). The summed E-state index contributed by atoms with van der Waals surface area (Å²) in [6.07, 6.45) is 8.25. The van der Waals surface area contributed by atoms with E-state index in [1.54, 1.807) is 12.1 Å². The van der Waals surface area contributed by atoms with Gasteiger partial charge in [0.1, 0.15) is 35.4 Å². The van der Waals surface area contributed by atoms with Crippen molar-refractivity contribution in [3.05, 3.63) is 90.3 Å². The van der Waals surface area contributed by atoms with Gasteiger partial charge in [0.15, 0.2) is 5.65 Å². The van der Waals surface area contributed by atoms with Gasteiger partial charge in [-0.05, 0) is 119 Å². The molecular weight excluding hydrogens is 773 g/mol. The van der Waals surface area contributed by atoms with E-state index in [-0.39, 0.29) is 24.8 Å². The van der Waals surface area contributed by atoms with Gasteiger partial charge in [0, 0.05) is 56.4 Å². The van der Waals surface area contributed by atoms with Crippen LogP contribution in [0.25, 0.3) is 22.3 Å². The number of piperidine rings is 4. The van der Waals surface area contributed by atoms with E-state index in [2.05, 4.69) is 34.7 Å². The number of aromatic nitrogens is 4. The third-order valence-electron chi connectivity index (χ3n) is 13.5. The average molecular weight is 823 g/mol. The van der Waals surface area contributed by atoms with Crippen LogP contribution in [0.3, 0.4) is 0 Å². The Kier molecular flexibility index (Phi) is 10.4. The highest BCUT2D eigenvalue weighted by Gasteiger charge is 2.45. The number of hydrogen-bond acceptors (Lipinski definition) is 12. The number of amides is 4. The molecule has 5 aliphatic rings. The van der Waals surface area contributed by atoms with Crippen LogP contribution in [0.5, 0.6) is 11.5 Å². The number of para-hydroxylation sites is 1. The normalized spacial score (nSPS) is 21.3. The van der Waals surface area contributed by atoms with Crippen molar-refractivity contribution >= 4 is 46.2 Å². The van der Waals surface area contributed by atoms with E-state index in [0.717, 1.165) is 116 Å². The molecule has 15 nitrogen and oxygen atoms in total. The molecule has 1 atom stereocenters. The number of fused-ring (bicyclic) bond motifs is 2. The van der Waals surface area contributed by atoms with Crippen molar-refractivity contribution in [1.29, 1.82) is 0 Å². The summed E-state index contributed by atoms with van der Waals surface area (Å²) in [6, 6.07) is 22.9. The van der Waals surface area contributed by atoms with Crippen LogP contribution >= 0.6 is 0 Å². The van der Waals surface area contributed by atoms with Crippen LogP contribution in [0.4, 0.5) is 11.5 Å². The van der Waals surface area contributed by atoms with Gasteiger partial charge in [-0.2, -0.15) is 5.10 Å². The molecule has 0 saturated carbocycles. The van der Waals surface area contributed by atoms with E-state index in [4.69, 9.17) is 15.6 Å². The highest BCUT2D eigenvalue weighted by Crippen LogP contribution is 2.37. The number of carbonyl (C=O) groups excluding carboxylic acids is 4. The molecule has 5 aromatic rings. The van der Waals surface area contributed by atoms with Gasteiger partial charge in [-0.1, -0.05) is 18.2 Å². The number of carbonyl (C=O) groups is 4. The van der Waals surface area contributed by atoms with E-state index in [9.17, 15) is 19.2 Å². The highest BCUT2D eigenvalue weighted by molar-refractivity contribution is 6.23. The predicted molar refractivity (Wildman–Crippen MR) is 229 cm³/mol. The Bertz CT molecular complexity index is 2470. The van der Waals surface area contributed by atoms with Crippen molar-refractivity contribution in [2.75, 3.05) is 56.4 Å². The summed E-state index contributed by atoms with van der Waals surface area (Å²) in [6.45, 7) is 7.13. The van der Waals surface area contributed by atoms with Gasteiger partial charge in [0.25, 0.3) is 11.8 Å². The third kappa shape index (κ3) is 7.61. The number of imide groups is 2. The molecule has 5 aliphatic heterocycles. The van der Waals surface area contributed by atoms with Gasteiger partial charge in [-0.15, -0.1) is 0 Å². The summed E-state index contributed by atoms with van der Waals surface area (Å²) in [7, 11) is 0. The minimum atomic E-state index is -0.960.